The highest BCUT2D eigenvalue weighted by Crippen LogP contribution is 2.39. The Hall–Kier alpha value is -1.15. The normalized spacial score (nSPS) is 17.8. The average Bonchev–Trinajstić information content (AvgIpc) is 3.00. The van der Waals surface area contributed by atoms with Crippen molar-refractivity contribution in [2.24, 2.45) is 0 Å². The number of anilines is 1. The Kier molecular flexibility index (Phi) is 4.17. The first-order chi connectivity index (χ1) is 10.1. The van der Waals surface area contributed by atoms with Crippen molar-refractivity contribution in [2.45, 2.75) is 37.7 Å². The molecule has 6 heteroatoms. The number of nitrogens with two attached hydrogens (primary N) is 1. The Morgan fingerprint density at radius 3 is 2.76 bits per heavy atom. The van der Waals surface area contributed by atoms with Gasteiger partial charge < -0.3 is 15.0 Å². The van der Waals surface area contributed by atoms with Crippen molar-refractivity contribution in [3.63, 3.8) is 0 Å². The molecule has 0 bridgehead atoms. The minimum atomic E-state index is -0.406. The van der Waals surface area contributed by atoms with Crippen LogP contribution in [0.15, 0.2) is 22.7 Å². The lowest BCUT2D eigenvalue weighted by atomic mass is 9.84. The van der Waals surface area contributed by atoms with Gasteiger partial charge in [0.15, 0.2) is 0 Å². The van der Waals surface area contributed by atoms with E-state index in [0.29, 0.717) is 17.4 Å². The predicted molar refractivity (Wildman–Crippen MR) is 88.6 cm³/mol. The molecule has 0 atom stereocenters. The molecule has 1 aliphatic rings. The van der Waals surface area contributed by atoms with Crippen molar-refractivity contribution >= 4 is 28.3 Å². The fourth-order valence-corrected chi connectivity index (χ4v) is 3.36. The summed E-state index contributed by atoms with van der Waals surface area (Å²) < 4.78 is 12.3. The van der Waals surface area contributed by atoms with Gasteiger partial charge in [-0.3, -0.25) is 0 Å². The Labute approximate surface area is 137 Å². The Bertz CT molecular complexity index is 636. The van der Waals surface area contributed by atoms with E-state index >= 15 is 0 Å². The standard InChI is InChI=1S/C15H18IN3O2/c1-20-15(7-3-2-4-8-15)14-18-13(21-19-14)11-9-10(16)5-6-12(11)17/h5-6,9H,2-4,7-8,17H2,1H3. The molecule has 0 spiro atoms. The lowest BCUT2D eigenvalue weighted by molar-refractivity contribution is -0.0527. The lowest BCUT2D eigenvalue weighted by Gasteiger charge is -2.32. The van der Waals surface area contributed by atoms with E-state index in [-0.39, 0.29) is 0 Å². The minimum absolute atomic E-state index is 0.406. The maximum Gasteiger partial charge on any atom is 0.260 e. The van der Waals surface area contributed by atoms with Crippen LogP contribution in [0.3, 0.4) is 0 Å². The van der Waals surface area contributed by atoms with Crippen LogP contribution in [0, 0.1) is 3.57 Å². The van der Waals surface area contributed by atoms with Gasteiger partial charge in [0.2, 0.25) is 5.82 Å². The minimum Gasteiger partial charge on any atom is -0.398 e. The van der Waals surface area contributed by atoms with E-state index < -0.39 is 5.60 Å². The van der Waals surface area contributed by atoms with Gasteiger partial charge in [-0.25, -0.2) is 0 Å². The van der Waals surface area contributed by atoms with E-state index in [4.69, 9.17) is 15.0 Å². The molecule has 5 nitrogen and oxygen atoms in total. The number of benzene rings is 1. The average molecular weight is 399 g/mol. The predicted octanol–water partition coefficient (Wildman–Crippen LogP) is 3.73. The first-order valence-corrected chi connectivity index (χ1v) is 8.17. The second-order valence-electron chi connectivity index (χ2n) is 5.41. The van der Waals surface area contributed by atoms with E-state index in [2.05, 4.69) is 32.7 Å². The molecule has 1 fully saturated rings. The second-order valence-corrected chi connectivity index (χ2v) is 6.66. The highest BCUT2D eigenvalue weighted by Gasteiger charge is 2.38. The van der Waals surface area contributed by atoms with Crippen LogP contribution in [0.2, 0.25) is 0 Å². The van der Waals surface area contributed by atoms with Gasteiger partial charge in [0, 0.05) is 16.4 Å². The summed E-state index contributed by atoms with van der Waals surface area (Å²) in [5, 5.41) is 4.16. The molecule has 3 rings (SSSR count). The largest absolute Gasteiger partial charge is 0.398 e. The molecule has 1 aromatic carbocycles. The van der Waals surface area contributed by atoms with E-state index in [1.165, 1.54) is 6.42 Å². The number of halogens is 1. The van der Waals surface area contributed by atoms with Gasteiger partial charge in [0.05, 0.1) is 5.56 Å². The highest BCUT2D eigenvalue weighted by molar-refractivity contribution is 14.1. The van der Waals surface area contributed by atoms with Crippen LogP contribution >= 0.6 is 22.6 Å². The van der Waals surface area contributed by atoms with Crippen molar-refractivity contribution in [3.05, 3.63) is 27.6 Å². The second kappa shape index (κ2) is 5.92. The van der Waals surface area contributed by atoms with Crippen molar-refractivity contribution in [1.29, 1.82) is 0 Å². The molecular formula is C15H18IN3O2. The van der Waals surface area contributed by atoms with Gasteiger partial charge >= 0.3 is 0 Å². The molecule has 112 valence electrons. The number of aromatic nitrogens is 2. The van der Waals surface area contributed by atoms with Crippen molar-refractivity contribution in [1.82, 2.24) is 10.1 Å². The van der Waals surface area contributed by atoms with Gasteiger partial charge in [0.25, 0.3) is 5.89 Å². The fourth-order valence-electron chi connectivity index (χ4n) is 2.87. The molecule has 0 saturated heterocycles. The zero-order chi connectivity index (χ0) is 14.9. The number of hydrogen-bond donors (Lipinski definition) is 1. The summed E-state index contributed by atoms with van der Waals surface area (Å²) in [5.74, 6) is 1.10. The Morgan fingerprint density at radius 2 is 2.05 bits per heavy atom. The molecule has 0 amide bonds. The summed E-state index contributed by atoms with van der Waals surface area (Å²) in [4.78, 5) is 4.56. The SMILES string of the molecule is COC1(c2noc(-c3cc(I)ccc3N)n2)CCCCC1. The highest BCUT2D eigenvalue weighted by atomic mass is 127. The fraction of sp³-hybridized carbons (Fsp3) is 0.467. The van der Waals surface area contributed by atoms with Crippen LogP contribution in [0.1, 0.15) is 37.9 Å². The van der Waals surface area contributed by atoms with Crippen LogP contribution in [-0.2, 0) is 10.3 Å². The third kappa shape index (κ3) is 2.78. The van der Waals surface area contributed by atoms with Crippen LogP contribution in [0.5, 0.6) is 0 Å². The molecule has 2 aromatic rings. The third-order valence-electron chi connectivity index (χ3n) is 4.13. The summed E-state index contributed by atoms with van der Waals surface area (Å²) in [5.41, 5.74) is 7.03. The number of nitrogens with zero attached hydrogens (tertiary/aromatic N) is 2. The lowest BCUT2D eigenvalue weighted by Crippen LogP contribution is -2.32. The zero-order valence-electron chi connectivity index (χ0n) is 11.9. The molecule has 1 aliphatic carbocycles. The molecule has 1 heterocycles. The molecular weight excluding hydrogens is 381 g/mol. The van der Waals surface area contributed by atoms with Crippen molar-refractivity contribution in [3.8, 4) is 11.5 Å². The van der Waals surface area contributed by atoms with Gasteiger partial charge in [-0.15, -0.1) is 0 Å². The summed E-state index contributed by atoms with van der Waals surface area (Å²) in [6.07, 6.45) is 5.36. The first-order valence-electron chi connectivity index (χ1n) is 7.09. The number of hydrogen-bond acceptors (Lipinski definition) is 5. The molecule has 21 heavy (non-hydrogen) atoms. The smallest absolute Gasteiger partial charge is 0.260 e. The van der Waals surface area contributed by atoms with Crippen LogP contribution in [-0.4, -0.2) is 17.3 Å². The van der Waals surface area contributed by atoms with Gasteiger partial charge in [-0.2, -0.15) is 4.98 Å². The van der Waals surface area contributed by atoms with E-state index in [1.54, 1.807) is 7.11 Å². The zero-order valence-corrected chi connectivity index (χ0v) is 14.1. The molecule has 2 N–H and O–H groups in total. The number of methoxy groups -OCH3 is 1. The molecule has 1 aromatic heterocycles. The first kappa shape index (κ1) is 14.8. The summed E-state index contributed by atoms with van der Waals surface area (Å²) in [7, 11) is 1.72. The maximum absolute atomic E-state index is 6.01. The van der Waals surface area contributed by atoms with Crippen LogP contribution in [0.25, 0.3) is 11.5 Å². The van der Waals surface area contributed by atoms with E-state index in [0.717, 1.165) is 34.8 Å². The van der Waals surface area contributed by atoms with Gasteiger partial charge in [-0.05, 0) is 53.6 Å². The number of nitrogen functional groups attached to an aromatic ring is 1. The van der Waals surface area contributed by atoms with Crippen molar-refractivity contribution < 1.29 is 9.26 Å². The van der Waals surface area contributed by atoms with Gasteiger partial charge in [0.1, 0.15) is 5.60 Å². The molecule has 0 radical (unpaired) electrons. The number of rotatable bonds is 3. The number of ether oxygens (including phenoxy) is 1. The summed E-state index contributed by atoms with van der Waals surface area (Å²) in [6, 6.07) is 5.76. The maximum atomic E-state index is 6.01. The van der Waals surface area contributed by atoms with E-state index in [1.807, 2.05) is 18.2 Å². The summed E-state index contributed by atoms with van der Waals surface area (Å²) in [6.45, 7) is 0. The Morgan fingerprint density at radius 1 is 1.29 bits per heavy atom. The topological polar surface area (TPSA) is 74.2 Å². The quantitative estimate of drug-likeness (QED) is 0.629. The monoisotopic (exact) mass is 399 g/mol. The molecule has 1 saturated carbocycles. The third-order valence-corrected chi connectivity index (χ3v) is 4.80. The van der Waals surface area contributed by atoms with Crippen LogP contribution < -0.4 is 5.73 Å². The Balaban J connectivity index is 1.97. The molecule has 0 aliphatic heterocycles. The summed E-state index contributed by atoms with van der Waals surface area (Å²) >= 11 is 2.24. The molecule has 0 unspecified atom stereocenters. The van der Waals surface area contributed by atoms with Crippen molar-refractivity contribution in [2.75, 3.05) is 12.8 Å². The van der Waals surface area contributed by atoms with Gasteiger partial charge in [-0.1, -0.05) is 24.4 Å². The van der Waals surface area contributed by atoms with E-state index in [9.17, 15) is 0 Å². The van der Waals surface area contributed by atoms with Crippen LogP contribution in [0.4, 0.5) is 5.69 Å².